The first-order valence-electron chi connectivity index (χ1n) is 6.53. The highest BCUT2D eigenvalue weighted by atomic mass is 79.9. The third-order valence-corrected chi connectivity index (χ3v) is 4.47. The third kappa shape index (κ3) is 3.60. The SMILES string of the molecule is Cc1cc(C)cc(CNc2cc(C)c(Br)c(C)c2)c1. The Hall–Kier alpha value is -1.28. The Labute approximate surface area is 124 Å². The van der Waals surface area contributed by atoms with Gasteiger partial charge in [-0.05, 0) is 56.5 Å². The molecule has 0 aromatic heterocycles. The van der Waals surface area contributed by atoms with Crippen LogP contribution >= 0.6 is 15.9 Å². The number of aryl methyl sites for hydroxylation is 4. The van der Waals surface area contributed by atoms with Gasteiger partial charge >= 0.3 is 0 Å². The molecule has 2 aromatic rings. The van der Waals surface area contributed by atoms with E-state index in [0.29, 0.717) is 0 Å². The summed E-state index contributed by atoms with van der Waals surface area (Å²) in [5.74, 6) is 0. The number of hydrogen-bond acceptors (Lipinski definition) is 1. The summed E-state index contributed by atoms with van der Waals surface area (Å²) < 4.78 is 1.20. The van der Waals surface area contributed by atoms with E-state index in [1.54, 1.807) is 0 Å². The minimum Gasteiger partial charge on any atom is -0.381 e. The number of hydrogen-bond donors (Lipinski definition) is 1. The molecule has 19 heavy (non-hydrogen) atoms. The number of nitrogens with one attached hydrogen (secondary N) is 1. The maximum atomic E-state index is 3.60. The van der Waals surface area contributed by atoms with Gasteiger partial charge in [0.1, 0.15) is 0 Å². The molecule has 0 unspecified atom stereocenters. The lowest BCUT2D eigenvalue weighted by Gasteiger charge is -2.11. The topological polar surface area (TPSA) is 12.0 Å². The van der Waals surface area contributed by atoms with E-state index >= 15 is 0 Å². The molecule has 0 aliphatic carbocycles. The highest BCUT2D eigenvalue weighted by Crippen LogP contribution is 2.25. The summed E-state index contributed by atoms with van der Waals surface area (Å²) in [5, 5.41) is 3.50. The first-order valence-corrected chi connectivity index (χ1v) is 7.33. The molecule has 1 nitrogen and oxygen atoms in total. The Morgan fingerprint density at radius 1 is 0.842 bits per heavy atom. The highest BCUT2D eigenvalue weighted by molar-refractivity contribution is 9.10. The quantitative estimate of drug-likeness (QED) is 0.810. The number of anilines is 1. The smallest absolute Gasteiger partial charge is 0.0400 e. The van der Waals surface area contributed by atoms with Crippen molar-refractivity contribution in [1.82, 2.24) is 0 Å². The third-order valence-electron chi connectivity index (χ3n) is 3.21. The van der Waals surface area contributed by atoms with Gasteiger partial charge in [0.25, 0.3) is 0 Å². The van der Waals surface area contributed by atoms with E-state index in [9.17, 15) is 0 Å². The molecule has 0 fully saturated rings. The maximum absolute atomic E-state index is 3.60. The van der Waals surface area contributed by atoms with Gasteiger partial charge in [0.05, 0.1) is 0 Å². The van der Waals surface area contributed by atoms with Crippen LogP contribution in [0.5, 0.6) is 0 Å². The van der Waals surface area contributed by atoms with Crippen LogP contribution in [0.25, 0.3) is 0 Å². The average Bonchev–Trinajstić information content (AvgIpc) is 2.32. The molecule has 0 bridgehead atoms. The van der Waals surface area contributed by atoms with Crippen molar-refractivity contribution in [2.45, 2.75) is 34.2 Å². The van der Waals surface area contributed by atoms with Gasteiger partial charge in [0, 0.05) is 16.7 Å². The second kappa shape index (κ2) is 5.79. The average molecular weight is 318 g/mol. The lowest BCUT2D eigenvalue weighted by Crippen LogP contribution is -2.01. The molecular weight excluding hydrogens is 298 g/mol. The fourth-order valence-corrected chi connectivity index (χ4v) is 2.65. The van der Waals surface area contributed by atoms with E-state index in [2.05, 4.69) is 79.3 Å². The predicted octanol–water partition coefficient (Wildman–Crippen LogP) is 5.29. The van der Waals surface area contributed by atoms with Crippen molar-refractivity contribution in [3.8, 4) is 0 Å². The minimum atomic E-state index is 0.864. The summed E-state index contributed by atoms with van der Waals surface area (Å²) in [6.45, 7) is 9.40. The van der Waals surface area contributed by atoms with Crippen LogP contribution in [0.3, 0.4) is 0 Å². The fourth-order valence-electron chi connectivity index (χ4n) is 2.42. The molecule has 2 aromatic carbocycles. The first-order chi connectivity index (χ1) is 8.95. The Balaban J connectivity index is 2.14. The van der Waals surface area contributed by atoms with Gasteiger partial charge in [-0.1, -0.05) is 45.3 Å². The first kappa shape index (κ1) is 14.1. The molecule has 0 aliphatic rings. The number of rotatable bonds is 3. The molecular formula is C17H20BrN. The van der Waals surface area contributed by atoms with Crippen LogP contribution in [-0.2, 0) is 6.54 Å². The number of benzene rings is 2. The van der Waals surface area contributed by atoms with Gasteiger partial charge in [0.2, 0.25) is 0 Å². The van der Waals surface area contributed by atoms with Crippen molar-refractivity contribution >= 4 is 21.6 Å². The largest absolute Gasteiger partial charge is 0.381 e. The molecule has 0 radical (unpaired) electrons. The van der Waals surface area contributed by atoms with E-state index in [4.69, 9.17) is 0 Å². The molecule has 100 valence electrons. The van der Waals surface area contributed by atoms with Crippen LogP contribution in [0.4, 0.5) is 5.69 Å². The van der Waals surface area contributed by atoms with Crippen molar-refractivity contribution in [1.29, 1.82) is 0 Å². The molecule has 1 N–H and O–H groups in total. The summed E-state index contributed by atoms with van der Waals surface area (Å²) in [6, 6.07) is 11.0. The summed E-state index contributed by atoms with van der Waals surface area (Å²) in [7, 11) is 0. The lowest BCUT2D eigenvalue weighted by molar-refractivity contribution is 1.12. The van der Waals surface area contributed by atoms with Gasteiger partial charge in [-0.3, -0.25) is 0 Å². The van der Waals surface area contributed by atoms with Crippen LogP contribution < -0.4 is 5.32 Å². The van der Waals surface area contributed by atoms with E-state index in [-0.39, 0.29) is 0 Å². The van der Waals surface area contributed by atoms with E-state index in [1.165, 1.54) is 38.0 Å². The maximum Gasteiger partial charge on any atom is 0.0400 e. The van der Waals surface area contributed by atoms with Gasteiger partial charge in [0.15, 0.2) is 0 Å². The van der Waals surface area contributed by atoms with Crippen molar-refractivity contribution in [3.05, 3.63) is 62.6 Å². The molecule has 0 saturated heterocycles. The fraction of sp³-hybridized carbons (Fsp3) is 0.294. The lowest BCUT2D eigenvalue weighted by atomic mass is 10.1. The summed E-state index contributed by atoms with van der Waals surface area (Å²) in [4.78, 5) is 0. The molecule has 0 aliphatic heterocycles. The Morgan fingerprint density at radius 2 is 1.37 bits per heavy atom. The monoisotopic (exact) mass is 317 g/mol. The molecule has 0 heterocycles. The Morgan fingerprint density at radius 3 is 1.89 bits per heavy atom. The van der Waals surface area contributed by atoms with Crippen molar-refractivity contribution in [2.24, 2.45) is 0 Å². The predicted molar refractivity (Wildman–Crippen MR) is 86.9 cm³/mol. The van der Waals surface area contributed by atoms with Gasteiger partial charge in [-0.15, -0.1) is 0 Å². The van der Waals surface area contributed by atoms with Crippen LogP contribution in [0.2, 0.25) is 0 Å². The van der Waals surface area contributed by atoms with E-state index < -0.39 is 0 Å². The van der Waals surface area contributed by atoms with Gasteiger partial charge in [-0.2, -0.15) is 0 Å². The second-order valence-electron chi connectivity index (χ2n) is 5.27. The molecule has 0 amide bonds. The summed E-state index contributed by atoms with van der Waals surface area (Å²) in [5.41, 5.74) is 7.68. The van der Waals surface area contributed by atoms with Crippen LogP contribution in [0, 0.1) is 27.7 Å². The summed E-state index contributed by atoms with van der Waals surface area (Å²) in [6.07, 6.45) is 0. The zero-order chi connectivity index (χ0) is 14.0. The van der Waals surface area contributed by atoms with Crippen molar-refractivity contribution in [2.75, 3.05) is 5.32 Å². The normalized spacial score (nSPS) is 10.6. The zero-order valence-electron chi connectivity index (χ0n) is 12.0. The molecule has 0 saturated carbocycles. The van der Waals surface area contributed by atoms with E-state index in [1.807, 2.05) is 0 Å². The highest BCUT2D eigenvalue weighted by Gasteiger charge is 2.02. The molecule has 2 heteroatoms. The Bertz CT molecular complexity index is 559. The van der Waals surface area contributed by atoms with Crippen LogP contribution in [0.15, 0.2) is 34.8 Å². The molecule has 0 spiro atoms. The van der Waals surface area contributed by atoms with Crippen molar-refractivity contribution in [3.63, 3.8) is 0 Å². The summed E-state index contributed by atoms with van der Waals surface area (Å²) >= 11 is 3.60. The standard InChI is InChI=1S/C17H20BrN/c1-11-5-12(2)7-15(6-11)10-19-16-8-13(3)17(18)14(4)9-16/h5-9,19H,10H2,1-4H3. The van der Waals surface area contributed by atoms with Crippen LogP contribution in [0.1, 0.15) is 27.8 Å². The second-order valence-corrected chi connectivity index (χ2v) is 6.07. The molecule has 0 atom stereocenters. The van der Waals surface area contributed by atoms with Gasteiger partial charge in [-0.25, -0.2) is 0 Å². The number of halogens is 1. The van der Waals surface area contributed by atoms with Gasteiger partial charge < -0.3 is 5.32 Å². The minimum absolute atomic E-state index is 0.864. The van der Waals surface area contributed by atoms with Crippen LogP contribution in [-0.4, -0.2) is 0 Å². The van der Waals surface area contributed by atoms with Crippen molar-refractivity contribution < 1.29 is 0 Å². The van der Waals surface area contributed by atoms with E-state index in [0.717, 1.165) is 6.54 Å². The Kier molecular flexibility index (Phi) is 4.31. The molecule has 2 rings (SSSR count). The zero-order valence-corrected chi connectivity index (χ0v) is 13.6.